The fourth-order valence-corrected chi connectivity index (χ4v) is 1.48. The van der Waals surface area contributed by atoms with Crippen molar-refractivity contribution in [3.63, 3.8) is 0 Å². The van der Waals surface area contributed by atoms with Gasteiger partial charge in [-0.1, -0.05) is 11.6 Å². The van der Waals surface area contributed by atoms with E-state index in [2.05, 4.69) is 5.32 Å². The lowest BCUT2D eigenvalue weighted by Gasteiger charge is -2.09. The van der Waals surface area contributed by atoms with Crippen LogP contribution >= 0.6 is 11.6 Å². The van der Waals surface area contributed by atoms with Crippen molar-refractivity contribution in [2.24, 2.45) is 0 Å². The van der Waals surface area contributed by atoms with Crippen LogP contribution in [0.15, 0.2) is 6.07 Å². The van der Waals surface area contributed by atoms with Gasteiger partial charge in [-0.05, 0) is 20.0 Å². The van der Waals surface area contributed by atoms with E-state index in [0.717, 1.165) is 6.07 Å². The van der Waals surface area contributed by atoms with Crippen molar-refractivity contribution in [2.75, 3.05) is 20.7 Å². The van der Waals surface area contributed by atoms with Gasteiger partial charge in [0, 0.05) is 11.6 Å². The number of nitrogens with one attached hydrogen (secondary N) is 1. The lowest BCUT2D eigenvalue weighted by molar-refractivity contribution is 0.405. The zero-order valence-corrected chi connectivity index (χ0v) is 9.29. The molecule has 2 nitrogen and oxygen atoms in total. The standard InChI is InChI=1S/C10H12ClF2NO/c1-14-4-3-6-7(12)5-8(15-2)9(11)10(6)13/h5,14H,3-4H2,1-2H3. The summed E-state index contributed by atoms with van der Waals surface area (Å²) in [5.41, 5.74) is -0.0184. The summed E-state index contributed by atoms with van der Waals surface area (Å²) in [6, 6.07) is 1.09. The Hall–Kier alpha value is -0.870. The topological polar surface area (TPSA) is 21.3 Å². The summed E-state index contributed by atoms with van der Waals surface area (Å²) in [5.74, 6) is -1.37. The molecule has 1 N–H and O–H groups in total. The molecular weight excluding hydrogens is 224 g/mol. The number of ether oxygens (including phenoxy) is 1. The van der Waals surface area contributed by atoms with Gasteiger partial charge >= 0.3 is 0 Å². The average Bonchev–Trinajstić information content (AvgIpc) is 2.23. The molecule has 0 aliphatic carbocycles. The summed E-state index contributed by atoms with van der Waals surface area (Å²) in [6.45, 7) is 0.483. The molecule has 0 bridgehead atoms. The molecule has 1 rings (SSSR count). The largest absolute Gasteiger partial charge is 0.495 e. The van der Waals surface area contributed by atoms with Gasteiger partial charge < -0.3 is 10.1 Å². The van der Waals surface area contributed by atoms with Crippen molar-refractivity contribution in [1.82, 2.24) is 5.32 Å². The highest BCUT2D eigenvalue weighted by atomic mass is 35.5. The van der Waals surface area contributed by atoms with E-state index in [1.165, 1.54) is 7.11 Å². The van der Waals surface area contributed by atoms with Crippen LogP contribution in [0.2, 0.25) is 5.02 Å². The van der Waals surface area contributed by atoms with Crippen molar-refractivity contribution < 1.29 is 13.5 Å². The van der Waals surface area contributed by atoms with Crippen molar-refractivity contribution in [3.8, 4) is 5.75 Å². The van der Waals surface area contributed by atoms with E-state index in [0.29, 0.717) is 6.54 Å². The lowest BCUT2D eigenvalue weighted by atomic mass is 10.1. The molecule has 0 radical (unpaired) electrons. The fourth-order valence-electron chi connectivity index (χ4n) is 1.24. The fraction of sp³-hybridized carbons (Fsp3) is 0.400. The van der Waals surface area contributed by atoms with Gasteiger partial charge in [0.15, 0.2) is 5.82 Å². The summed E-state index contributed by atoms with van der Waals surface area (Å²) in [7, 11) is 3.02. The smallest absolute Gasteiger partial charge is 0.151 e. The van der Waals surface area contributed by atoms with E-state index in [1.807, 2.05) is 0 Å². The third-order valence-electron chi connectivity index (χ3n) is 2.07. The minimum atomic E-state index is -0.747. The van der Waals surface area contributed by atoms with E-state index in [-0.39, 0.29) is 22.8 Å². The summed E-state index contributed by atoms with van der Waals surface area (Å²) < 4.78 is 31.7. The van der Waals surface area contributed by atoms with E-state index >= 15 is 0 Å². The molecule has 5 heteroatoms. The van der Waals surface area contributed by atoms with Crippen LogP contribution in [-0.4, -0.2) is 20.7 Å². The van der Waals surface area contributed by atoms with Crippen molar-refractivity contribution in [1.29, 1.82) is 0 Å². The number of hydrogen-bond acceptors (Lipinski definition) is 2. The molecule has 0 saturated heterocycles. The maximum atomic E-state index is 13.6. The monoisotopic (exact) mass is 235 g/mol. The molecule has 1 aromatic rings. The highest BCUT2D eigenvalue weighted by Gasteiger charge is 2.17. The summed E-state index contributed by atoms with van der Waals surface area (Å²) in [5, 5.41) is 2.64. The normalized spacial score (nSPS) is 10.5. The van der Waals surface area contributed by atoms with Crippen LogP contribution in [0.1, 0.15) is 5.56 Å². The van der Waals surface area contributed by atoms with E-state index in [4.69, 9.17) is 16.3 Å². The van der Waals surface area contributed by atoms with Gasteiger partial charge in [-0.25, -0.2) is 8.78 Å². The molecule has 15 heavy (non-hydrogen) atoms. The number of rotatable bonds is 4. The first-order valence-electron chi connectivity index (χ1n) is 4.46. The highest BCUT2D eigenvalue weighted by Crippen LogP contribution is 2.31. The van der Waals surface area contributed by atoms with E-state index in [1.54, 1.807) is 7.05 Å². The molecule has 0 atom stereocenters. The molecule has 0 spiro atoms. The summed E-state index contributed by atoms with van der Waals surface area (Å²) >= 11 is 5.66. The first kappa shape index (κ1) is 12.2. The molecule has 0 aliphatic rings. The van der Waals surface area contributed by atoms with Crippen molar-refractivity contribution in [3.05, 3.63) is 28.3 Å². The first-order valence-corrected chi connectivity index (χ1v) is 4.84. The summed E-state index contributed by atoms with van der Waals surface area (Å²) in [6.07, 6.45) is 0.248. The Kier molecular flexibility index (Phi) is 4.29. The number of methoxy groups -OCH3 is 1. The Bertz CT molecular complexity index is 358. The molecule has 0 unspecified atom stereocenters. The maximum absolute atomic E-state index is 13.6. The predicted molar refractivity (Wildman–Crippen MR) is 55.6 cm³/mol. The van der Waals surface area contributed by atoms with Crippen LogP contribution in [0, 0.1) is 11.6 Å². The van der Waals surface area contributed by atoms with Gasteiger partial charge in [0.1, 0.15) is 16.6 Å². The van der Waals surface area contributed by atoms with Gasteiger partial charge in [0.05, 0.1) is 7.11 Å². The molecular formula is C10H12ClF2NO. The molecule has 0 saturated carbocycles. The Morgan fingerprint density at radius 1 is 1.47 bits per heavy atom. The molecule has 0 heterocycles. The summed E-state index contributed by atoms with van der Waals surface area (Å²) in [4.78, 5) is 0. The Morgan fingerprint density at radius 2 is 2.13 bits per heavy atom. The van der Waals surface area contributed by atoms with Crippen LogP contribution in [0.25, 0.3) is 0 Å². The van der Waals surface area contributed by atoms with Gasteiger partial charge in [0.2, 0.25) is 0 Å². The average molecular weight is 236 g/mol. The molecule has 0 aliphatic heterocycles. The Balaban J connectivity index is 3.11. The second-order valence-corrected chi connectivity index (χ2v) is 3.40. The van der Waals surface area contributed by atoms with Crippen LogP contribution in [-0.2, 0) is 6.42 Å². The molecule has 0 amide bonds. The van der Waals surface area contributed by atoms with Crippen molar-refractivity contribution >= 4 is 11.6 Å². The number of likely N-dealkylation sites (N-methyl/N-ethyl adjacent to an activating group) is 1. The minimum Gasteiger partial charge on any atom is -0.495 e. The van der Waals surface area contributed by atoms with Gasteiger partial charge in [-0.2, -0.15) is 0 Å². The lowest BCUT2D eigenvalue weighted by Crippen LogP contribution is -2.12. The highest BCUT2D eigenvalue weighted by molar-refractivity contribution is 6.32. The first-order chi connectivity index (χ1) is 7.11. The second kappa shape index (κ2) is 5.28. The molecule has 0 fully saturated rings. The zero-order chi connectivity index (χ0) is 11.4. The molecule has 1 aromatic carbocycles. The number of benzene rings is 1. The van der Waals surface area contributed by atoms with Gasteiger partial charge in [-0.15, -0.1) is 0 Å². The quantitative estimate of drug-likeness (QED) is 0.810. The van der Waals surface area contributed by atoms with E-state index < -0.39 is 11.6 Å². The van der Waals surface area contributed by atoms with Crippen molar-refractivity contribution in [2.45, 2.75) is 6.42 Å². The number of halogens is 3. The second-order valence-electron chi connectivity index (χ2n) is 3.02. The van der Waals surface area contributed by atoms with Gasteiger partial charge in [-0.3, -0.25) is 0 Å². The SMILES string of the molecule is CNCCc1c(F)cc(OC)c(Cl)c1F. The van der Waals surface area contributed by atoms with Crippen LogP contribution < -0.4 is 10.1 Å². The maximum Gasteiger partial charge on any atom is 0.151 e. The van der Waals surface area contributed by atoms with E-state index in [9.17, 15) is 8.78 Å². The third kappa shape index (κ3) is 2.58. The van der Waals surface area contributed by atoms with Crippen LogP contribution in [0.3, 0.4) is 0 Å². The van der Waals surface area contributed by atoms with Crippen LogP contribution in [0.4, 0.5) is 8.78 Å². The third-order valence-corrected chi connectivity index (χ3v) is 2.42. The Morgan fingerprint density at radius 3 is 2.67 bits per heavy atom. The molecule has 84 valence electrons. The Labute approximate surface area is 92.2 Å². The minimum absolute atomic E-state index is 0.0138. The van der Waals surface area contributed by atoms with Gasteiger partial charge in [0.25, 0.3) is 0 Å². The predicted octanol–water partition coefficient (Wildman–Crippen LogP) is 2.39. The molecule has 0 aromatic heterocycles. The van der Waals surface area contributed by atoms with Crippen LogP contribution in [0.5, 0.6) is 5.75 Å². The zero-order valence-electron chi connectivity index (χ0n) is 8.53. The number of hydrogen-bond donors (Lipinski definition) is 1.